The van der Waals surface area contributed by atoms with Gasteiger partial charge in [-0.05, 0) is 26.7 Å². The van der Waals surface area contributed by atoms with Crippen molar-refractivity contribution in [1.82, 2.24) is 15.1 Å². The highest BCUT2D eigenvalue weighted by Crippen LogP contribution is 2.17. The van der Waals surface area contributed by atoms with Crippen LogP contribution in [-0.2, 0) is 4.79 Å². The fraction of sp³-hybridized carbons (Fsp3) is 0.643. The summed E-state index contributed by atoms with van der Waals surface area (Å²) in [6.07, 6.45) is 1.47. The number of nitrogens with zero attached hydrogens (tertiary/aromatic N) is 2. The average Bonchev–Trinajstić information content (AvgIpc) is 2.40. The van der Waals surface area contributed by atoms with Crippen LogP contribution in [-0.4, -0.2) is 28.3 Å². The number of amides is 1. The molecule has 2 N–H and O–H groups in total. The zero-order valence-corrected chi connectivity index (χ0v) is 13.9. The molecule has 1 rings (SSSR count). The van der Waals surface area contributed by atoms with Gasteiger partial charge in [0.25, 0.3) is 5.56 Å². The van der Waals surface area contributed by atoms with E-state index in [1.54, 1.807) is 6.92 Å². The highest BCUT2D eigenvalue weighted by Gasteiger charge is 2.17. The Morgan fingerprint density at radius 1 is 1.33 bits per heavy atom. The first-order valence-electron chi connectivity index (χ1n) is 7.05. The second kappa shape index (κ2) is 7.45. The summed E-state index contributed by atoms with van der Waals surface area (Å²) in [4.78, 5) is 23.9. The molecule has 1 aromatic rings. The number of hydrogen-bond donors (Lipinski definition) is 2. The van der Waals surface area contributed by atoms with E-state index in [0.29, 0.717) is 18.2 Å². The minimum absolute atomic E-state index is 0.0437. The number of hydrogen-bond acceptors (Lipinski definition) is 4. The van der Waals surface area contributed by atoms with Crippen LogP contribution in [0.5, 0.6) is 0 Å². The fourth-order valence-electron chi connectivity index (χ4n) is 1.67. The fourth-order valence-corrected chi connectivity index (χ4v) is 1.86. The van der Waals surface area contributed by atoms with Crippen LogP contribution >= 0.6 is 11.6 Å². The van der Waals surface area contributed by atoms with Crippen molar-refractivity contribution in [3.63, 3.8) is 0 Å². The Hall–Kier alpha value is -1.56. The van der Waals surface area contributed by atoms with Crippen LogP contribution in [0.4, 0.5) is 5.69 Å². The number of nitrogens with one attached hydrogen (secondary N) is 2. The lowest BCUT2D eigenvalue weighted by Gasteiger charge is -2.17. The van der Waals surface area contributed by atoms with Crippen molar-refractivity contribution in [2.24, 2.45) is 5.92 Å². The van der Waals surface area contributed by atoms with Gasteiger partial charge in [-0.3, -0.25) is 9.59 Å². The van der Waals surface area contributed by atoms with Gasteiger partial charge in [0.15, 0.2) is 0 Å². The molecule has 0 aliphatic heterocycles. The Labute approximate surface area is 129 Å². The first kappa shape index (κ1) is 17.5. The summed E-state index contributed by atoms with van der Waals surface area (Å²) >= 11 is 6.05. The third-order valence-corrected chi connectivity index (χ3v) is 3.25. The van der Waals surface area contributed by atoms with Gasteiger partial charge >= 0.3 is 0 Å². The van der Waals surface area contributed by atoms with Gasteiger partial charge in [-0.15, -0.1) is 0 Å². The molecule has 0 radical (unpaired) electrons. The zero-order chi connectivity index (χ0) is 16.2. The van der Waals surface area contributed by atoms with Gasteiger partial charge in [-0.25, -0.2) is 4.68 Å². The lowest BCUT2D eigenvalue weighted by molar-refractivity contribution is -0.121. The molecule has 0 saturated heterocycles. The average molecular weight is 315 g/mol. The van der Waals surface area contributed by atoms with Crippen LogP contribution in [0.15, 0.2) is 11.0 Å². The van der Waals surface area contributed by atoms with Gasteiger partial charge < -0.3 is 10.6 Å². The maximum atomic E-state index is 12.0. The molecule has 0 bridgehead atoms. The molecule has 7 heteroatoms. The zero-order valence-electron chi connectivity index (χ0n) is 13.1. The van der Waals surface area contributed by atoms with Gasteiger partial charge in [0, 0.05) is 6.54 Å². The minimum atomic E-state index is -0.502. The lowest BCUT2D eigenvalue weighted by atomic mass is 10.2. The molecule has 6 nitrogen and oxygen atoms in total. The molecule has 0 aromatic carbocycles. The quantitative estimate of drug-likeness (QED) is 0.842. The van der Waals surface area contributed by atoms with Crippen molar-refractivity contribution in [2.75, 3.05) is 11.9 Å². The smallest absolute Gasteiger partial charge is 0.287 e. The molecular formula is C14H23ClN4O2. The van der Waals surface area contributed by atoms with Crippen LogP contribution in [0, 0.1) is 5.92 Å². The first-order valence-corrected chi connectivity index (χ1v) is 7.43. The molecule has 1 unspecified atom stereocenters. The van der Waals surface area contributed by atoms with Crippen molar-refractivity contribution in [1.29, 1.82) is 0 Å². The van der Waals surface area contributed by atoms with Gasteiger partial charge in [-0.2, -0.15) is 5.10 Å². The molecule has 21 heavy (non-hydrogen) atoms. The van der Waals surface area contributed by atoms with Gasteiger partial charge in [-0.1, -0.05) is 25.4 Å². The molecule has 0 saturated carbocycles. The van der Waals surface area contributed by atoms with Crippen molar-refractivity contribution >= 4 is 23.2 Å². The third kappa shape index (κ3) is 4.74. The number of carbonyl (C=O) groups is 1. The van der Waals surface area contributed by atoms with E-state index in [1.165, 1.54) is 10.9 Å². The summed E-state index contributed by atoms with van der Waals surface area (Å²) < 4.78 is 1.30. The van der Waals surface area contributed by atoms with E-state index >= 15 is 0 Å². The molecule has 1 heterocycles. The Balaban J connectivity index is 2.82. The predicted octanol–water partition coefficient (Wildman–Crippen LogP) is 2.05. The predicted molar refractivity (Wildman–Crippen MR) is 84.8 cm³/mol. The van der Waals surface area contributed by atoms with Gasteiger partial charge in [0.2, 0.25) is 5.91 Å². The van der Waals surface area contributed by atoms with E-state index < -0.39 is 6.04 Å². The normalized spacial score (nSPS) is 12.6. The molecule has 1 aromatic heterocycles. The van der Waals surface area contributed by atoms with Gasteiger partial charge in [0.1, 0.15) is 11.1 Å². The standard InChI is InChI=1S/C14H23ClN4O2/c1-8(2)6-16-13(20)10(5)18-11-7-17-19(9(3)4)14(21)12(11)15/h7-10,18H,6H2,1-5H3,(H,16,20). The topological polar surface area (TPSA) is 76.0 Å². The third-order valence-electron chi connectivity index (χ3n) is 2.88. The highest BCUT2D eigenvalue weighted by molar-refractivity contribution is 6.33. The number of rotatable bonds is 6. The Kier molecular flexibility index (Phi) is 6.20. The van der Waals surface area contributed by atoms with Crippen LogP contribution in [0.3, 0.4) is 0 Å². The summed E-state index contributed by atoms with van der Waals surface area (Å²) in [7, 11) is 0. The lowest BCUT2D eigenvalue weighted by Crippen LogP contribution is -2.39. The summed E-state index contributed by atoms with van der Waals surface area (Å²) in [6.45, 7) is 10.0. The molecule has 0 fully saturated rings. The summed E-state index contributed by atoms with van der Waals surface area (Å²) in [6, 6.07) is -0.576. The largest absolute Gasteiger partial charge is 0.371 e. The molecule has 0 aliphatic rings. The Morgan fingerprint density at radius 2 is 1.95 bits per heavy atom. The van der Waals surface area contributed by atoms with Crippen LogP contribution < -0.4 is 16.2 Å². The minimum Gasteiger partial charge on any atom is -0.371 e. The molecule has 0 aliphatic carbocycles. The van der Waals surface area contributed by atoms with E-state index in [0.717, 1.165) is 0 Å². The first-order chi connectivity index (χ1) is 9.73. The van der Waals surface area contributed by atoms with Crippen LogP contribution in [0.2, 0.25) is 5.02 Å². The number of aromatic nitrogens is 2. The summed E-state index contributed by atoms with van der Waals surface area (Å²) in [5, 5.41) is 9.83. The Morgan fingerprint density at radius 3 is 2.48 bits per heavy atom. The second-order valence-electron chi connectivity index (χ2n) is 5.72. The van der Waals surface area contributed by atoms with E-state index in [9.17, 15) is 9.59 Å². The number of anilines is 1. The van der Waals surface area contributed by atoms with Crippen LogP contribution in [0.25, 0.3) is 0 Å². The second-order valence-corrected chi connectivity index (χ2v) is 6.10. The van der Waals surface area contributed by atoms with Crippen molar-refractivity contribution in [2.45, 2.75) is 46.7 Å². The van der Waals surface area contributed by atoms with E-state index in [-0.39, 0.29) is 22.5 Å². The summed E-state index contributed by atoms with van der Waals surface area (Å²) in [5.74, 6) is 0.231. The molecule has 1 amide bonds. The SMILES string of the molecule is CC(C)CNC(=O)C(C)Nc1cnn(C(C)C)c(=O)c1Cl. The van der Waals surface area contributed by atoms with Gasteiger partial charge in [0.05, 0.1) is 17.9 Å². The number of carbonyl (C=O) groups excluding carboxylic acids is 1. The molecule has 1 atom stereocenters. The number of halogens is 1. The van der Waals surface area contributed by atoms with Crippen LogP contribution in [0.1, 0.15) is 40.7 Å². The van der Waals surface area contributed by atoms with Crippen molar-refractivity contribution in [3.05, 3.63) is 21.6 Å². The molecule has 118 valence electrons. The maximum Gasteiger partial charge on any atom is 0.287 e. The van der Waals surface area contributed by atoms with Crippen molar-refractivity contribution in [3.8, 4) is 0 Å². The molecule has 0 spiro atoms. The summed E-state index contributed by atoms with van der Waals surface area (Å²) in [5.41, 5.74) is -0.00258. The van der Waals surface area contributed by atoms with Crippen molar-refractivity contribution < 1.29 is 4.79 Å². The highest BCUT2D eigenvalue weighted by atomic mass is 35.5. The Bertz CT molecular complexity index is 554. The van der Waals surface area contributed by atoms with E-state index in [4.69, 9.17) is 11.6 Å². The maximum absolute atomic E-state index is 12.0. The molecular weight excluding hydrogens is 292 g/mol. The van der Waals surface area contributed by atoms with E-state index in [2.05, 4.69) is 15.7 Å². The van der Waals surface area contributed by atoms with E-state index in [1.807, 2.05) is 27.7 Å². The monoisotopic (exact) mass is 314 g/mol.